The maximum atomic E-state index is 14.7. The van der Waals surface area contributed by atoms with Crippen LogP contribution >= 0.6 is 44.5 Å². The number of carbonyl (C=O) groups excluding carboxylic acids is 1. The van der Waals surface area contributed by atoms with Crippen molar-refractivity contribution in [1.82, 2.24) is 15.1 Å². The summed E-state index contributed by atoms with van der Waals surface area (Å²) in [4.78, 5) is 21.2. The zero-order chi connectivity index (χ0) is 27.3. The molecule has 2 aromatic carbocycles. The van der Waals surface area contributed by atoms with Gasteiger partial charge in [-0.15, -0.1) is 17.0 Å². The summed E-state index contributed by atoms with van der Waals surface area (Å²) in [5, 5.41) is 3.64. The summed E-state index contributed by atoms with van der Waals surface area (Å²) in [6.45, 7) is 8.37. The van der Waals surface area contributed by atoms with Crippen LogP contribution in [-0.2, 0) is 11.3 Å². The van der Waals surface area contributed by atoms with Crippen LogP contribution in [0.3, 0.4) is 0 Å². The monoisotopic (exact) mass is 688 g/mol. The molecule has 0 spiro atoms. The second kappa shape index (κ2) is 14.0. The molecule has 1 N–H and O–H groups in total. The molecule has 214 valence electrons. The van der Waals surface area contributed by atoms with Gasteiger partial charge < -0.3 is 24.6 Å². The van der Waals surface area contributed by atoms with Crippen molar-refractivity contribution in [2.75, 3.05) is 26.2 Å². The van der Waals surface area contributed by atoms with Crippen molar-refractivity contribution < 1.29 is 18.7 Å². The predicted octanol–water partition coefficient (Wildman–Crippen LogP) is 6.82. The molecule has 2 aliphatic heterocycles. The average Bonchev–Trinajstić information content (AvgIpc) is 3.32. The average molecular weight is 691 g/mol. The van der Waals surface area contributed by atoms with Crippen LogP contribution in [0.15, 0.2) is 51.9 Å². The van der Waals surface area contributed by atoms with Gasteiger partial charge >= 0.3 is 6.09 Å². The SMILES string of the molecule is Br.CC(C)(C)OC(=O)N1CCC(NC(=NCc2cc(Br)cc(Cl)c2F)N2CC[C@@H](Oc3ccccc3)C2)CC1. The molecule has 1 atom stereocenters. The molecule has 1 amide bonds. The summed E-state index contributed by atoms with van der Waals surface area (Å²) in [7, 11) is 0. The third-order valence-corrected chi connectivity index (χ3v) is 7.17. The Labute approximate surface area is 254 Å². The lowest BCUT2D eigenvalue weighted by molar-refractivity contribution is 0.0202. The fourth-order valence-electron chi connectivity index (χ4n) is 4.55. The van der Waals surface area contributed by atoms with E-state index in [2.05, 4.69) is 26.1 Å². The number of halogens is 4. The number of rotatable bonds is 5. The summed E-state index contributed by atoms with van der Waals surface area (Å²) in [6, 6.07) is 13.1. The first kappa shape index (κ1) is 31.5. The van der Waals surface area contributed by atoms with Crippen LogP contribution in [0.25, 0.3) is 0 Å². The summed E-state index contributed by atoms with van der Waals surface area (Å²) < 4.78 is 27.1. The highest BCUT2D eigenvalue weighted by atomic mass is 79.9. The van der Waals surface area contributed by atoms with Gasteiger partial charge in [0.25, 0.3) is 0 Å². The third kappa shape index (κ3) is 9.25. The molecule has 2 aliphatic rings. The van der Waals surface area contributed by atoms with E-state index < -0.39 is 11.4 Å². The molecular weight excluding hydrogens is 655 g/mol. The summed E-state index contributed by atoms with van der Waals surface area (Å²) in [6.07, 6.45) is 2.10. The van der Waals surface area contributed by atoms with Crippen LogP contribution in [0.4, 0.5) is 9.18 Å². The Bertz CT molecular complexity index is 1140. The van der Waals surface area contributed by atoms with Gasteiger partial charge in [0.2, 0.25) is 0 Å². The molecule has 0 bridgehead atoms. The Balaban J connectivity index is 0.00000420. The largest absolute Gasteiger partial charge is 0.489 e. The number of nitrogens with zero attached hydrogens (tertiary/aromatic N) is 3. The topological polar surface area (TPSA) is 66.4 Å². The number of amides is 1. The van der Waals surface area contributed by atoms with Gasteiger partial charge in [-0.3, -0.25) is 0 Å². The first-order valence-corrected chi connectivity index (χ1v) is 14.1. The molecule has 0 saturated carbocycles. The molecular formula is C28H36Br2ClFN4O3. The molecule has 7 nitrogen and oxygen atoms in total. The molecule has 0 radical (unpaired) electrons. The van der Waals surface area contributed by atoms with E-state index in [4.69, 9.17) is 26.1 Å². The van der Waals surface area contributed by atoms with Crippen molar-refractivity contribution in [1.29, 1.82) is 0 Å². The van der Waals surface area contributed by atoms with Crippen LogP contribution in [0.2, 0.25) is 5.02 Å². The first-order valence-electron chi connectivity index (χ1n) is 13.0. The molecule has 39 heavy (non-hydrogen) atoms. The summed E-state index contributed by atoms with van der Waals surface area (Å²) in [5.41, 5.74) is -0.107. The highest BCUT2D eigenvalue weighted by Gasteiger charge is 2.31. The number of aliphatic imine (C=N–C) groups is 1. The quantitative estimate of drug-likeness (QED) is 0.212. The molecule has 0 aliphatic carbocycles. The zero-order valence-corrected chi connectivity index (χ0v) is 26.5. The van der Waals surface area contributed by atoms with Crippen LogP contribution in [0, 0.1) is 5.82 Å². The smallest absolute Gasteiger partial charge is 0.410 e. The van der Waals surface area contributed by atoms with Crippen LogP contribution in [0.1, 0.15) is 45.6 Å². The van der Waals surface area contributed by atoms with Crippen molar-refractivity contribution in [3.05, 3.63) is 63.3 Å². The van der Waals surface area contributed by atoms with E-state index in [1.807, 2.05) is 51.1 Å². The predicted molar refractivity (Wildman–Crippen MR) is 162 cm³/mol. The molecule has 0 unspecified atom stereocenters. The van der Waals surface area contributed by atoms with Crippen molar-refractivity contribution >= 4 is 56.6 Å². The van der Waals surface area contributed by atoms with Crippen molar-refractivity contribution in [3.8, 4) is 5.75 Å². The fourth-order valence-corrected chi connectivity index (χ4v) is 5.42. The van der Waals surface area contributed by atoms with Crippen LogP contribution in [-0.4, -0.2) is 65.8 Å². The lowest BCUT2D eigenvalue weighted by Crippen LogP contribution is -2.51. The maximum absolute atomic E-state index is 14.7. The molecule has 11 heteroatoms. The van der Waals surface area contributed by atoms with E-state index in [1.165, 1.54) is 6.07 Å². The minimum absolute atomic E-state index is 0. The Hall–Kier alpha value is -2.04. The van der Waals surface area contributed by atoms with E-state index in [9.17, 15) is 9.18 Å². The second-order valence-corrected chi connectivity index (χ2v) is 12.0. The highest BCUT2D eigenvalue weighted by Crippen LogP contribution is 2.25. The Morgan fingerprint density at radius 3 is 2.46 bits per heavy atom. The van der Waals surface area contributed by atoms with E-state index in [1.54, 1.807) is 11.0 Å². The van der Waals surface area contributed by atoms with Crippen LogP contribution < -0.4 is 10.1 Å². The van der Waals surface area contributed by atoms with Gasteiger partial charge in [0.1, 0.15) is 23.3 Å². The van der Waals surface area contributed by atoms with Gasteiger partial charge in [-0.05, 0) is 57.9 Å². The number of guanidine groups is 1. The molecule has 2 saturated heterocycles. The number of para-hydroxylation sites is 1. The van der Waals surface area contributed by atoms with Gasteiger partial charge in [-0.25, -0.2) is 14.2 Å². The molecule has 4 rings (SSSR count). The van der Waals surface area contributed by atoms with E-state index in [-0.39, 0.29) is 46.8 Å². The van der Waals surface area contributed by atoms with Crippen LogP contribution in [0.5, 0.6) is 5.75 Å². The zero-order valence-electron chi connectivity index (χ0n) is 22.5. The molecule has 2 aromatic rings. The Kier molecular flexibility index (Phi) is 11.3. The van der Waals surface area contributed by atoms with Gasteiger partial charge in [0, 0.05) is 42.1 Å². The van der Waals surface area contributed by atoms with Gasteiger partial charge in [0.15, 0.2) is 5.96 Å². The van der Waals surface area contributed by atoms with Crippen molar-refractivity contribution in [3.63, 3.8) is 0 Å². The fraction of sp³-hybridized carbons (Fsp3) is 0.500. The number of carbonyl (C=O) groups is 1. The minimum atomic E-state index is -0.523. The van der Waals surface area contributed by atoms with Gasteiger partial charge in [-0.1, -0.05) is 45.7 Å². The van der Waals surface area contributed by atoms with Crippen molar-refractivity contribution in [2.24, 2.45) is 4.99 Å². The van der Waals surface area contributed by atoms with Gasteiger partial charge in [0.05, 0.1) is 18.1 Å². The second-order valence-electron chi connectivity index (χ2n) is 10.7. The minimum Gasteiger partial charge on any atom is -0.489 e. The summed E-state index contributed by atoms with van der Waals surface area (Å²) >= 11 is 9.44. The van der Waals surface area contributed by atoms with Gasteiger partial charge in [-0.2, -0.15) is 0 Å². The molecule has 2 fully saturated rings. The Morgan fingerprint density at radius 2 is 1.79 bits per heavy atom. The molecule has 0 aromatic heterocycles. The normalized spacial score (nSPS) is 18.5. The number of piperidine rings is 1. The number of benzene rings is 2. The standard InChI is InChI=1S/C28H35BrClFN4O3.BrH/c1-28(2,3)38-27(36)34-12-9-21(10-13-34)33-26(32-17-19-15-20(29)16-24(30)25(19)31)35-14-11-23(18-35)37-22-7-5-4-6-8-22;/h4-8,15-16,21,23H,9-14,17-18H2,1-3H3,(H,32,33);1H/t23-;/m1./s1. The lowest BCUT2D eigenvalue weighted by atomic mass is 10.1. The molecule has 2 heterocycles. The number of nitrogens with one attached hydrogen (secondary N) is 1. The Morgan fingerprint density at radius 1 is 1.13 bits per heavy atom. The van der Waals surface area contributed by atoms with Crippen molar-refractivity contribution in [2.45, 2.75) is 64.3 Å². The lowest BCUT2D eigenvalue weighted by Gasteiger charge is -2.35. The number of likely N-dealkylation sites (tertiary alicyclic amines) is 2. The van der Waals surface area contributed by atoms with E-state index >= 15 is 0 Å². The summed E-state index contributed by atoms with van der Waals surface area (Å²) in [5.74, 6) is 1.08. The maximum Gasteiger partial charge on any atom is 0.410 e. The number of hydrogen-bond donors (Lipinski definition) is 1. The van der Waals surface area contributed by atoms with E-state index in [0.29, 0.717) is 35.6 Å². The number of ether oxygens (including phenoxy) is 2. The van der Waals surface area contributed by atoms with E-state index in [0.717, 1.165) is 31.6 Å². The highest BCUT2D eigenvalue weighted by molar-refractivity contribution is 9.10. The first-order chi connectivity index (χ1) is 18.1. The third-order valence-electron chi connectivity index (χ3n) is 6.44. The number of hydrogen-bond acceptors (Lipinski definition) is 4.